The standard InChI is InChI=1S/C19H30ClN/c1-14(2)12-21-13-17-7-5-4-6-8-18(17)16-10-9-15(3)19(20)11-16/h9-11,14,17-18,21H,4-8,12-13H2,1-3H3. The summed E-state index contributed by atoms with van der Waals surface area (Å²) >= 11 is 6.35. The molecule has 2 rings (SSSR count). The van der Waals surface area contributed by atoms with E-state index in [2.05, 4.69) is 44.3 Å². The quantitative estimate of drug-likeness (QED) is 0.702. The van der Waals surface area contributed by atoms with Crippen LogP contribution in [0.1, 0.15) is 63.0 Å². The van der Waals surface area contributed by atoms with Crippen molar-refractivity contribution in [1.29, 1.82) is 0 Å². The molecule has 1 aliphatic carbocycles. The molecule has 1 N–H and O–H groups in total. The molecule has 0 saturated heterocycles. The molecule has 1 aliphatic rings. The van der Waals surface area contributed by atoms with E-state index in [1.54, 1.807) is 0 Å². The van der Waals surface area contributed by atoms with Crippen molar-refractivity contribution in [3.63, 3.8) is 0 Å². The zero-order valence-corrected chi connectivity index (χ0v) is 14.5. The van der Waals surface area contributed by atoms with Crippen molar-refractivity contribution in [3.05, 3.63) is 34.3 Å². The zero-order chi connectivity index (χ0) is 15.2. The number of benzene rings is 1. The minimum Gasteiger partial charge on any atom is -0.316 e. The summed E-state index contributed by atoms with van der Waals surface area (Å²) in [5, 5.41) is 4.60. The molecule has 0 radical (unpaired) electrons. The Morgan fingerprint density at radius 3 is 2.67 bits per heavy atom. The van der Waals surface area contributed by atoms with Gasteiger partial charge in [0, 0.05) is 5.02 Å². The largest absolute Gasteiger partial charge is 0.316 e. The summed E-state index contributed by atoms with van der Waals surface area (Å²) in [7, 11) is 0. The normalized spacial score (nSPS) is 23.3. The van der Waals surface area contributed by atoms with Gasteiger partial charge in [0.1, 0.15) is 0 Å². The Hall–Kier alpha value is -0.530. The van der Waals surface area contributed by atoms with Gasteiger partial charge in [-0.3, -0.25) is 0 Å². The molecular formula is C19H30ClN. The second kappa shape index (κ2) is 8.19. The van der Waals surface area contributed by atoms with Crippen LogP contribution in [0.15, 0.2) is 18.2 Å². The molecule has 0 aliphatic heterocycles. The molecule has 0 heterocycles. The predicted molar refractivity (Wildman–Crippen MR) is 93.2 cm³/mol. The van der Waals surface area contributed by atoms with E-state index in [9.17, 15) is 0 Å². The van der Waals surface area contributed by atoms with E-state index >= 15 is 0 Å². The van der Waals surface area contributed by atoms with Crippen molar-refractivity contribution >= 4 is 11.6 Å². The molecule has 0 spiro atoms. The number of nitrogens with one attached hydrogen (secondary N) is 1. The van der Waals surface area contributed by atoms with Crippen LogP contribution >= 0.6 is 11.6 Å². The molecule has 2 unspecified atom stereocenters. The van der Waals surface area contributed by atoms with Gasteiger partial charge in [0.05, 0.1) is 0 Å². The van der Waals surface area contributed by atoms with E-state index in [0.717, 1.165) is 29.9 Å². The number of hydrogen-bond acceptors (Lipinski definition) is 1. The van der Waals surface area contributed by atoms with Gasteiger partial charge < -0.3 is 5.32 Å². The molecule has 1 aromatic rings. The highest BCUT2D eigenvalue weighted by Crippen LogP contribution is 2.37. The third kappa shape index (κ3) is 5.00. The van der Waals surface area contributed by atoms with Crippen LogP contribution in [0.2, 0.25) is 5.02 Å². The van der Waals surface area contributed by atoms with Gasteiger partial charge in [0.25, 0.3) is 0 Å². The second-order valence-electron chi connectivity index (χ2n) is 7.07. The highest BCUT2D eigenvalue weighted by molar-refractivity contribution is 6.31. The van der Waals surface area contributed by atoms with Gasteiger partial charge in [-0.1, -0.05) is 56.8 Å². The van der Waals surface area contributed by atoms with E-state index in [1.807, 2.05) is 0 Å². The van der Waals surface area contributed by atoms with Crippen molar-refractivity contribution in [1.82, 2.24) is 5.32 Å². The molecule has 21 heavy (non-hydrogen) atoms. The second-order valence-corrected chi connectivity index (χ2v) is 7.47. The summed E-state index contributed by atoms with van der Waals surface area (Å²) in [6.07, 6.45) is 6.78. The number of halogens is 1. The SMILES string of the molecule is Cc1ccc(C2CCCCCC2CNCC(C)C)cc1Cl. The van der Waals surface area contributed by atoms with E-state index < -0.39 is 0 Å². The molecule has 118 valence electrons. The van der Waals surface area contributed by atoms with Crippen LogP contribution in [0.4, 0.5) is 0 Å². The third-order valence-electron chi connectivity index (χ3n) is 4.74. The average molecular weight is 308 g/mol. The maximum absolute atomic E-state index is 6.35. The van der Waals surface area contributed by atoms with Crippen molar-refractivity contribution in [3.8, 4) is 0 Å². The summed E-state index contributed by atoms with van der Waals surface area (Å²) in [4.78, 5) is 0. The lowest BCUT2D eigenvalue weighted by Gasteiger charge is -2.27. The van der Waals surface area contributed by atoms with Crippen molar-refractivity contribution in [2.75, 3.05) is 13.1 Å². The van der Waals surface area contributed by atoms with E-state index in [-0.39, 0.29) is 0 Å². The summed E-state index contributed by atoms with van der Waals surface area (Å²) in [6, 6.07) is 6.69. The van der Waals surface area contributed by atoms with E-state index in [4.69, 9.17) is 11.6 Å². The van der Waals surface area contributed by atoms with Gasteiger partial charge in [-0.25, -0.2) is 0 Å². The fraction of sp³-hybridized carbons (Fsp3) is 0.684. The summed E-state index contributed by atoms with van der Waals surface area (Å²) in [5.41, 5.74) is 2.63. The van der Waals surface area contributed by atoms with Gasteiger partial charge in [-0.2, -0.15) is 0 Å². The highest BCUT2D eigenvalue weighted by atomic mass is 35.5. The number of rotatable bonds is 5. The highest BCUT2D eigenvalue weighted by Gasteiger charge is 2.25. The van der Waals surface area contributed by atoms with Crippen molar-refractivity contribution in [2.24, 2.45) is 11.8 Å². The Morgan fingerprint density at radius 1 is 1.19 bits per heavy atom. The van der Waals surface area contributed by atoms with Gasteiger partial charge in [-0.15, -0.1) is 0 Å². The van der Waals surface area contributed by atoms with E-state index in [1.165, 1.54) is 43.2 Å². The Morgan fingerprint density at radius 2 is 1.95 bits per heavy atom. The molecule has 0 aromatic heterocycles. The molecular weight excluding hydrogens is 278 g/mol. The number of aryl methyl sites for hydroxylation is 1. The first-order chi connectivity index (χ1) is 10.1. The van der Waals surface area contributed by atoms with Crippen LogP contribution in [0, 0.1) is 18.8 Å². The maximum Gasteiger partial charge on any atom is 0.0438 e. The van der Waals surface area contributed by atoms with Gasteiger partial charge >= 0.3 is 0 Å². The van der Waals surface area contributed by atoms with Crippen LogP contribution < -0.4 is 5.32 Å². The first-order valence-electron chi connectivity index (χ1n) is 8.54. The monoisotopic (exact) mass is 307 g/mol. The topological polar surface area (TPSA) is 12.0 Å². The van der Waals surface area contributed by atoms with Gasteiger partial charge in [0.15, 0.2) is 0 Å². The Labute approximate surface area is 135 Å². The molecule has 1 nitrogen and oxygen atoms in total. The Kier molecular flexibility index (Phi) is 6.57. The third-order valence-corrected chi connectivity index (χ3v) is 5.15. The van der Waals surface area contributed by atoms with E-state index in [0.29, 0.717) is 5.92 Å². The Balaban J connectivity index is 2.09. The molecule has 2 atom stereocenters. The lowest BCUT2D eigenvalue weighted by atomic mass is 9.82. The van der Waals surface area contributed by atoms with Crippen LogP contribution in [0.5, 0.6) is 0 Å². The van der Waals surface area contributed by atoms with Crippen LogP contribution in [-0.4, -0.2) is 13.1 Å². The van der Waals surface area contributed by atoms with Crippen LogP contribution in [0.25, 0.3) is 0 Å². The molecule has 1 saturated carbocycles. The lowest BCUT2D eigenvalue weighted by Crippen LogP contribution is -2.29. The first-order valence-corrected chi connectivity index (χ1v) is 8.92. The van der Waals surface area contributed by atoms with Crippen LogP contribution in [-0.2, 0) is 0 Å². The zero-order valence-electron chi connectivity index (χ0n) is 13.8. The van der Waals surface area contributed by atoms with Crippen molar-refractivity contribution in [2.45, 2.75) is 58.8 Å². The minimum atomic E-state index is 0.672. The molecule has 0 amide bonds. The summed E-state index contributed by atoms with van der Waals surface area (Å²) < 4.78 is 0. The number of hydrogen-bond donors (Lipinski definition) is 1. The lowest BCUT2D eigenvalue weighted by molar-refractivity contribution is 0.366. The first kappa shape index (κ1) is 16.8. The minimum absolute atomic E-state index is 0.672. The van der Waals surface area contributed by atoms with Crippen LogP contribution in [0.3, 0.4) is 0 Å². The van der Waals surface area contributed by atoms with Gasteiger partial charge in [0.2, 0.25) is 0 Å². The maximum atomic E-state index is 6.35. The summed E-state index contributed by atoms with van der Waals surface area (Å²) in [6.45, 7) is 8.90. The van der Waals surface area contributed by atoms with Crippen molar-refractivity contribution < 1.29 is 0 Å². The fourth-order valence-electron chi connectivity index (χ4n) is 3.46. The molecule has 0 bridgehead atoms. The summed E-state index contributed by atoms with van der Waals surface area (Å²) in [5.74, 6) is 2.15. The molecule has 1 fully saturated rings. The molecule has 2 heteroatoms. The van der Waals surface area contributed by atoms with Gasteiger partial charge in [-0.05, 0) is 67.8 Å². The predicted octanol–water partition coefficient (Wildman–Crippen LogP) is 5.56. The molecule has 1 aromatic carbocycles. The average Bonchev–Trinajstić information content (AvgIpc) is 2.67. The fourth-order valence-corrected chi connectivity index (χ4v) is 3.65. The Bertz CT molecular complexity index is 441. The smallest absolute Gasteiger partial charge is 0.0438 e.